The molecule has 3 nitrogen and oxygen atoms in total. The van der Waals surface area contributed by atoms with Gasteiger partial charge in [-0.15, -0.1) is 0 Å². The molecule has 0 aliphatic carbocycles. The molecule has 0 amide bonds. The molecular weight excluding hydrogens is 234 g/mol. The molecule has 0 saturated carbocycles. The summed E-state index contributed by atoms with van der Waals surface area (Å²) in [5.74, 6) is 0. The Bertz CT molecular complexity index is 461. The van der Waals surface area contributed by atoms with Crippen LogP contribution < -0.4 is 4.72 Å². The molecule has 0 aliphatic heterocycles. The number of allylic oxidation sites excluding steroid dienone is 1. The molecule has 1 aromatic carbocycles. The molecule has 0 fully saturated rings. The van der Waals surface area contributed by atoms with E-state index in [1.54, 1.807) is 12.1 Å². The van der Waals surface area contributed by atoms with E-state index >= 15 is 0 Å². The number of sulfonamides is 1. The summed E-state index contributed by atoms with van der Waals surface area (Å²) in [6.45, 7) is 4.39. The first-order valence-corrected chi connectivity index (χ1v) is 7.28. The third-order valence-electron chi connectivity index (χ3n) is 2.48. The summed E-state index contributed by atoms with van der Waals surface area (Å²) in [4.78, 5) is 0.329. The second kappa shape index (κ2) is 6.57. The fourth-order valence-corrected chi connectivity index (χ4v) is 2.48. The van der Waals surface area contributed by atoms with E-state index in [-0.39, 0.29) is 0 Å². The Balaban J connectivity index is 2.68. The van der Waals surface area contributed by atoms with Gasteiger partial charge in [-0.25, -0.2) is 13.1 Å². The Labute approximate surface area is 104 Å². The highest BCUT2D eigenvalue weighted by atomic mass is 32.2. The van der Waals surface area contributed by atoms with Gasteiger partial charge in [-0.3, -0.25) is 0 Å². The molecular formula is C13H19NO2S. The van der Waals surface area contributed by atoms with Gasteiger partial charge in [0.2, 0.25) is 10.0 Å². The first kappa shape index (κ1) is 13.9. The Kier molecular flexibility index (Phi) is 5.38. The minimum atomic E-state index is -3.35. The van der Waals surface area contributed by atoms with Crippen LogP contribution in [0.4, 0.5) is 0 Å². The Morgan fingerprint density at radius 2 is 1.88 bits per heavy atom. The first-order valence-electron chi connectivity index (χ1n) is 5.80. The summed E-state index contributed by atoms with van der Waals surface area (Å²) in [5.41, 5.74) is 1.14. The van der Waals surface area contributed by atoms with Crippen molar-refractivity contribution in [3.63, 3.8) is 0 Å². The zero-order chi connectivity index (χ0) is 12.7. The molecule has 0 bridgehead atoms. The van der Waals surface area contributed by atoms with Crippen LogP contribution in [-0.4, -0.2) is 15.0 Å². The summed E-state index contributed by atoms with van der Waals surface area (Å²) < 4.78 is 26.3. The van der Waals surface area contributed by atoms with Crippen molar-refractivity contribution >= 4 is 10.0 Å². The molecule has 1 aromatic rings. The van der Waals surface area contributed by atoms with E-state index in [0.29, 0.717) is 17.9 Å². The molecule has 94 valence electrons. The summed E-state index contributed by atoms with van der Waals surface area (Å²) in [6.07, 6.45) is 5.46. The first-order chi connectivity index (χ1) is 8.10. The fraction of sp³-hybridized carbons (Fsp3) is 0.385. The molecule has 0 radical (unpaired) electrons. The van der Waals surface area contributed by atoms with E-state index < -0.39 is 10.0 Å². The van der Waals surface area contributed by atoms with E-state index in [4.69, 9.17) is 0 Å². The van der Waals surface area contributed by atoms with Crippen molar-refractivity contribution in [1.82, 2.24) is 4.72 Å². The number of rotatable bonds is 6. The topological polar surface area (TPSA) is 46.2 Å². The number of aryl methyl sites for hydroxylation is 1. The summed E-state index contributed by atoms with van der Waals surface area (Å²) in [5, 5.41) is 0. The smallest absolute Gasteiger partial charge is 0.211 e. The van der Waals surface area contributed by atoms with Gasteiger partial charge in [-0.1, -0.05) is 31.2 Å². The van der Waals surface area contributed by atoms with Gasteiger partial charge in [0.15, 0.2) is 0 Å². The molecule has 0 atom stereocenters. The number of hydrogen-bond donors (Lipinski definition) is 1. The van der Waals surface area contributed by atoms with Crippen molar-refractivity contribution < 1.29 is 8.42 Å². The van der Waals surface area contributed by atoms with Crippen LogP contribution in [0, 0.1) is 0 Å². The predicted octanol–water partition coefficient (Wildman–Crippen LogP) is 2.49. The second-order valence-corrected chi connectivity index (χ2v) is 5.52. The normalized spacial score (nSPS) is 12.1. The van der Waals surface area contributed by atoms with Gasteiger partial charge in [0.05, 0.1) is 4.90 Å². The molecule has 17 heavy (non-hydrogen) atoms. The molecule has 0 unspecified atom stereocenters. The second-order valence-electron chi connectivity index (χ2n) is 3.75. The van der Waals surface area contributed by atoms with Crippen molar-refractivity contribution in [2.24, 2.45) is 0 Å². The van der Waals surface area contributed by atoms with Crippen LogP contribution in [0.1, 0.15) is 25.8 Å². The van der Waals surface area contributed by atoms with E-state index in [2.05, 4.69) is 4.72 Å². The molecule has 0 aliphatic rings. The zero-order valence-electron chi connectivity index (χ0n) is 10.3. The van der Waals surface area contributed by atoms with E-state index in [1.165, 1.54) is 0 Å². The summed E-state index contributed by atoms with van der Waals surface area (Å²) in [7, 11) is -3.35. The maximum atomic E-state index is 11.9. The Morgan fingerprint density at radius 3 is 2.41 bits per heavy atom. The van der Waals surface area contributed by atoms with Gasteiger partial charge < -0.3 is 0 Å². The van der Waals surface area contributed by atoms with Crippen LogP contribution >= 0.6 is 0 Å². The van der Waals surface area contributed by atoms with E-state index in [0.717, 1.165) is 12.0 Å². The maximum absolute atomic E-state index is 11.9. The molecule has 0 saturated heterocycles. The monoisotopic (exact) mass is 253 g/mol. The van der Waals surface area contributed by atoms with E-state index in [9.17, 15) is 8.42 Å². The SMILES string of the molecule is C/C=C/CCNS(=O)(=O)c1ccc(CC)cc1. The minimum absolute atomic E-state index is 0.329. The molecule has 1 N–H and O–H groups in total. The fourth-order valence-electron chi connectivity index (χ4n) is 1.43. The lowest BCUT2D eigenvalue weighted by atomic mass is 10.2. The van der Waals surface area contributed by atoms with Crippen molar-refractivity contribution in [2.45, 2.75) is 31.6 Å². The van der Waals surface area contributed by atoms with Gasteiger partial charge in [0, 0.05) is 6.54 Å². The Morgan fingerprint density at radius 1 is 1.24 bits per heavy atom. The van der Waals surface area contributed by atoms with Gasteiger partial charge in [0.1, 0.15) is 0 Å². The highest BCUT2D eigenvalue weighted by Crippen LogP contribution is 2.10. The lowest BCUT2D eigenvalue weighted by Crippen LogP contribution is -2.24. The highest BCUT2D eigenvalue weighted by molar-refractivity contribution is 7.89. The lowest BCUT2D eigenvalue weighted by Gasteiger charge is -2.06. The summed E-state index contributed by atoms with van der Waals surface area (Å²) in [6, 6.07) is 6.99. The Hall–Kier alpha value is -1.13. The minimum Gasteiger partial charge on any atom is -0.211 e. The number of benzene rings is 1. The molecule has 0 heterocycles. The standard InChI is InChI=1S/C13H19NO2S/c1-3-5-6-11-14-17(15,16)13-9-7-12(4-2)8-10-13/h3,5,7-10,14H,4,6,11H2,1-2H3/b5-3+. The van der Waals surface area contributed by atoms with Gasteiger partial charge in [-0.05, 0) is 37.5 Å². The van der Waals surface area contributed by atoms with E-state index in [1.807, 2.05) is 38.1 Å². The van der Waals surface area contributed by atoms with Crippen LogP contribution in [0.15, 0.2) is 41.3 Å². The maximum Gasteiger partial charge on any atom is 0.240 e. The van der Waals surface area contributed by atoms with Gasteiger partial charge in [-0.2, -0.15) is 0 Å². The van der Waals surface area contributed by atoms with Crippen molar-refractivity contribution in [3.8, 4) is 0 Å². The zero-order valence-corrected chi connectivity index (χ0v) is 11.1. The predicted molar refractivity (Wildman–Crippen MR) is 70.4 cm³/mol. The van der Waals surface area contributed by atoms with Crippen LogP contribution in [0.3, 0.4) is 0 Å². The average Bonchev–Trinajstić information content (AvgIpc) is 2.35. The van der Waals surface area contributed by atoms with Crippen molar-refractivity contribution in [2.75, 3.05) is 6.54 Å². The summed E-state index contributed by atoms with van der Waals surface area (Å²) >= 11 is 0. The third-order valence-corrected chi connectivity index (χ3v) is 3.96. The highest BCUT2D eigenvalue weighted by Gasteiger charge is 2.12. The molecule has 4 heteroatoms. The third kappa shape index (κ3) is 4.32. The van der Waals surface area contributed by atoms with Crippen LogP contribution in [0.5, 0.6) is 0 Å². The molecule has 0 aromatic heterocycles. The van der Waals surface area contributed by atoms with Crippen LogP contribution in [0.2, 0.25) is 0 Å². The average molecular weight is 253 g/mol. The van der Waals surface area contributed by atoms with Crippen molar-refractivity contribution in [1.29, 1.82) is 0 Å². The quantitative estimate of drug-likeness (QED) is 0.625. The number of nitrogens with one attached hydrogen (secondary N) is 1. The largest absolute Gasteiger partial charge is 0.240 e. The van der Waals surface area contributed by atoms with Gasteiger partial charge in [0.25, 0.3) is 0 Å². The van der Waals surface area contributed by atoms with Gasteiger partial charge >= 0.3 is 0 Å². The number of hydrogen-bond acceptors (Lipinski definition) is 2. The molecule has 1 rings (SSSR count). The van der Waals surface area contributed by atoms with Crippen LogP contribution in [0.25, 0.3) is 0 Å². The molecule has 0 spiro atoms. The lowest BCUT2D eigenvalue weighted by molar-refractivity contribution is 0.582. The van der Waals surface area contributed by atoms with Crippen LogP contribution in [-0.2, 0) is 16.4 Å². The van der Waals surface area contributed by atoms with Crippen molar-refractivity contribution in [3.05, 3.63) is 42.0 Å².